The lowest BCUT2D eigenvalue weighted by atomic mass is 9.97. The first-order valence-electron chi connectivity index (χ1n) is 10.7. The van der Waals surface area contributed by atoms with Crippen LogP contribution in [0.1, 0.15) is 40.5 Å². The summed E-state index contributed by atoms with van der Waals surface area (Å²) < 4.78 is 19.6. The molecule has 30 heavy (non-hydrogen) atoms. The molecule has 0 radical (unpaired) electrons. The number of nitrogens with zero attached hydrogens (tertiary/aromatic N) is 1. The van der Waals surface area contributed by atoms with Gasteiger partial charge in [0.2, 0.25) is 5.91 Å². The van der Waals surface area contributed by atoms with E-state index in [9.17, 15) is 9.00 Å². The van der Waals surface area contributed by atoms with Crippen LogP contribution in [0.25, 0.3) is 0 Å². The topological polar surface area (TPSA) is 70.7 Å². The number of piperidine rings is 1. The molecule has 1 unspecified atom stereocenters. The molecule has 166 valence electrons. The first kappa shape index (κ1) is 24.4. The maximum atomic E-state index is 12.6. The SMILES string of the molecule is CC(C)C#CCOCCNc1ccc(NC(=O)C2CCN(S(=O)C(C)C)CC2)cc1. The van der Waals surface area contributed by atoms with E-state index < -0.39 is 11.0 Å². The molecule has 7 heteroatoms. The van der Waals surface area contributed by atoms with E-state index in [-0.39, 0.29) is 17.1 Å². The van der Waals surface area contributed by atoms with E-state index in [1.165, 1.54) is 0 Å². The number of benzene rings is 1. The van der Waals surface area contributed by atoms with E-state index in [0.29, 0.717) is 38.8 Å². The van der Waals surface area contributed by atoms with E-state index in [4.69, 9.17) is 4.74 Å². The van der Waals surface area contributed by atoms with Gasteiger partial charge in [-0.05, 0) is 51.0 Å². The van der Waals surface area contributed by atoms with Crippen molar-refractivity contribution in [3.63, 3.8) is 0 Å². The van der Waals surface area contributed by atoms with Gasteiger partial charge in [0.05, 0.1) is 17.6 Å². The number of amides is 1. The predicted molar refractivity (Wildman–Crippen MR) is 125 cm³/mol. The molecule has 6 nitrogen and oxygen atoms in total. The summed E-state index contributed by atoms with van der Waals surface area (Å²) >= 11 is 0. The number of ether oxygens (including phenoxy) is 1. The average molecular weight is 434 g/mol. The van der Waals surface area contributed by atoms with Crippen LogP contribution in [0.4, 0.5) is 11.4 Å². The highest BCUT2D eigenvalue weighted by Crippen LogP contribution is 2.22. The number of rotatable bonds is 9. The lowest BCUT2D eigenvalue weighted by Crippen LogP contribution is -2.41. The van der Waals surface area contributed by atoms with Crippen LogP contribution in [-0.2, 0) is 20.5 Å². The summed E-state index contributed by atoms with van der Waals surface area (Å²) in [4.78, 5) is 12.6. The van der Waals surface area contributed by atoms with E-state index in [0.717, 1.165) is 24.2 Å². The van der Waals surface area contributed by atoms with Gasteiger partial charge in [-0.2, -0.15) is 0 Å². The predicted octanol–water partition coefficient (Wildman–Crippen LogP) is 3.50. The van der Waals surface area contributed by atoms with Crippen LogP contribution in [0.15, 0.2) is 24.3 Å². The number of carbonyl (C=O) groups excluding carboxylic acids is 1. The van der Waals surface area contributed by atoms with Crippen LogP contribution in [-0.4, -0.2) is 52.5 Å². The van der Waals surface area contributed by atoms with Gasteiger partial charge in [-0.25, -0.2) is 8.51 Å². The number of nitrogens with one attached hydrogen (secondary N) is 2. The lowest BCUT2D eigenvalue weighted by Gasteiger charge is -2.31. The maximum absolute atomic E-state index is 12.6. The summed E-state index contributed by atoms with van der Waals surface area (Å²) in [6, 6.07) is 7.70. The second-order valence-electron chi connectivity index (χ2n) is 8.05. The van der Waals surface area contributed by atoms with Gasteiger partial charge in [0.25, 0.3) is 0 Å². The second-order valence-corrected chi connectivity index (χ2v) is 10.1. The lowest BCUT2D eigenvalue weighted by molar-refractivity contribution is -0.120. The summed E-state index contributed by atoms with van der Waals surface area (Å²) in [5.74, 6) is 6.44. The maximum Gasteiger partial charge on any atom is 0.227 e. The molecule has 1 atom stereocenters. The Bertz CT molecular complexity index is 745. The third-order valence-electron chi connectivity index (χ3n) is 4.78. The molecule has 1 aromatic rings. The summed E-state index contributed by atoms with van der Waals surface area (Å²) in [6.07, 6.45) is 1.48. The molecule has 2 N–H and O–H groups in total. The molecule has 1 saturated heterocycles. The van der Waals surface area contributed by atoms with E-state index in [1.54, 1.807) is 0 Å². The van der Waals surface area contributed by atoms with Gasteiger partial charge in [0.1, 0.15) is 6.61 Å². The standard InChI is InChI=1S/C23H35N3O3S/c1-18(2)6-5-16-29-17-13-24-21-7-9-22(10-8-21)25-23(27)20-11-14-26(15-12-20)30(28)19(3)4/h7-10,18-20,24H,11-17H2,1-4H3,(H,25,27). The molecule has 1 fully saturated rings. The molecule has 1 aromatic carbocycles. The molecule has 0 spiro atoms. The van der Waals surface area contributed by atoms with Crippen LogP contribution in [0.2, 0.25) is 0 Å². The largest absolute Gasteiger partial charge is 0.383 e. The minimum atomic E-state index is -0.956. The summed E-state index contributed by atoms with van der Waals surface area (Å²) in [7, 11) is -0.956. The molecule has 0 aromatic heterocycles. The Balaban J connectivity index is 1.68. The van der Waals surface area contributed by atoms with Crippen molar-refractivity contribution in [2.24, 2.45) is 11.8 Å². The van der Waals surface area contributed by atoms with E-state index in [2.05, 4.69) is 36.3 Å². The van der Waals surface area contributed by atoms with Crippen LogP contribution >= 0.6 is 0 Å². The first-order chi connectivity index (χ1) is 14.4. The zero-order valence-corrected chi connectivity index (χ0v) is 19.4. The fourth-order valence-electron chi connectivity index (χ4n) is 3.15. The van der Waals surface area contributed by atoms with Crippen molar-refractivity contribution in [3.8, 4) is 11.8 Å². The van der Waals surface area contributed by atoms with Gasteiger partial charge in [-0.3, -0.25) is 4.79 Å². The van der Waals surface area contributed by atoms with Crippen molar-refractivity contribution >= 4 is 28.3 Å². The normalized spacial score (nSPS) is 16.2. The molecular weight excluding hydrogens is 398 g/mol. The smallest absolute Gasteiger partial charge is 0.227 e. The number of anilines is 2. The van der Waals surface area contributed by atoms with Crippen LogP contribution in [0.3, 0.4) is 0 Å². The Morgan fingerprint density at radius 2 is 1.80 bits per heavy atom. The Labute approximate surface area is 183 Å². The zero-order chi connectivity index (χ0) is 21.9. The molecule has 2 rings (SSSR count). The monoisotopic (exact) mass is 433 g/mol. The Hall–Kier alpha value is -1.88. The van der Waals surface area contributed by atoms with Crippen LogP contribution < -0.4 is 10.6 Å². The summed E-state index contributed by atoms with van der Waals surface area (Å²) in [6.45, 7) is 11.2. The van der Waals surface area contributed by atoms with Gasteiger partial charge >= 0.3 is 0 Å². The Kier molecular flexibility index (Phi) is 10.4. The zero-order valence-electron chi connectivity index (χ0n) is 18.6. The van der Waals surface area contributed by atoms with Crippen molar-refractivity contribution in [2.75, 3.05) is 43.5 Å². The molecule has 0 bridgehead atoms. The van der Waals surface area contributed by atoms with Crippen molar-refractivity contribution in [2.45, 2.75) is 45.8 Å². The van der Waals surface area contributed by atoms with Gasteiger partial charge in [0.15, 0.2) is 0 Å². The molecule has 0 saturated carbocycles. The minimum Gasteiger partial charge on any atom is -0.383 e. The minimum absolute atomic E-state index is 0.0286. The highest BCUT2D eigenvalue weighted by atomic mass is 32.2. The molecule has 0 aliphatic carbocycles. The second kappa shape index (κ2) is 12.7. The highest BCUT2D eigenvalue weighted by molar-refractivity contribution is 7.83. The fraction of sp³-hybridized carbons (Fsp3) is 0.609. The first-order valence-corrected chi connectivity index (χ1v) is 11.9. The molecule has 1 heterocycles. The highest BCUT2D eigenvalue weighted by Gasteiger charge is 2.28. The molecule has 1 aliphatic rings. The molecular formula is C23H35N3O3S. The van der Waals surface area contributed by atoms with Gasteiger partial charge in [-0.1, -0.05) is 25.7 Å². The van der Waals surface area contributed by atoms with Gasteiger partial charge in [0, 0.05) is 48.1 Å². The van der Waals surface area contributed by atoms with Crippen molar-refractivity contribution < 1.29 is 13.7 Å². The Morgan fingerprint density at radius 1 is 1.17 bits per heavy atom. The van der Waals surface area contributed by atoms with Crippen molar-refractivity contribution in [1.82, 2.24) is 4.31 Å². The number of carbonyl (C=O) groups is 1. The summed E-state index contributed by atoms with van der Waals surface area (Å²) in [5.41, 5.74) is 1.77. The molecule has 1 aliphatic heterocycles. The average Bonchev–Trinajstić information content (AvgIpc) is 2.73. The number of hydrogen-bond acceptors (Lipinski definition) is 4. The fourth-order valence-corrected chi connectivity index (χ4v) is 4.32. The van der Waals surface area contributed by atoms with Gasteiger partial charge in [-0.15, -0.1) is 0 Å². The van der Waals surface area contributed by atoms with E-state index >= 15 is 0 Å². The third kappa shape index (κ3) is 8.47. The Morgan fingerprint density at radius 3 is 2.40 bits per heavy atom. The third-order valence-corrected chi connectivity index (χ3v) is 6.46. The quantitative estimate of drug-likeness (QED) is 0.462. The van der Waals surface area contributed by atoms with Crippen molar-refractivity contribution in [1.29, 1.82) is 0 Å². The van der Waals surface area contributed by atoms with Crippen molar-refractivity contribution in [3.05, 3.63) is 24.3 Å². The number of hydrogen-bond donors (Lipinski definition) is 2. The van der Waals surface area contributed by atoms with E-state index in [1.807, 2.05) is 42.4 Å². The summed E-state index contributed by atoms with van der Waals surface area (Å²) in [5, 5.41) is 6.41. The van der Waals surface area contributed by atoms with Gasteiger partial charge < -0.3 is 15.4 Å². The van der Waals surface area contributed by atoms with Crippen LogP contribution in [0, 0.1) is 23.7 Å². The van der Waals surface area contributed by atoms with Crippen LogP contribution in [0.5, 0.6) is 0 Å². The molecule has 1 amide bonds.